The summed E-state index contributed by atoms with van der Waals surface area (Å²) in [5, 5.41) is 0.349. The van der Waals surface area contributed by atoms with Crippen molar-refractivity contribution in [2.45, 2.75) is 55.3 Å². The predicted molar refractivity (Wildman–Crippen MR) is 126 cm³/mol. The van der Waals surface area contributed by atoms with E-state index in [4.69, 9.17) is 17.3 Å². The lowest BCUT2D eigenvalue weighted by molar-refractivity contribution is 0.0984. The van der Waals surface area contributed by atoms with E-state index >= 15 is 8.78 Å². The molecule has 0 saturated carbocycles. The van der Waals surface area contributed by atoms with Crippen molar-refractivity contribution in [1.29, 1.82) is 0 Å². The number of hydrogen-bond acceptors (Lipinski definition) is 6. The SMILES string of the molecule is Cc1cc(Cl)cnc1C(=O)Nc1ccc(F)c([C@@]2(C)N=C(N)[C@@]3(C)CCC[C@]2(F)S3(O)O)c1. The molecule has 7 nitrogen and oxygen atoms in total. The molecule has 1 aromatic heterocycles. The Morgan fingerprint density at radius 2 is 1.97 bits per heavy atom. The maximum atomic E-state index is 16.6. The first-order valence-electron chi connectivity index (χ1n) is 10.3. The fourth-order valence-corrected chi connectivity index (χ4v) is 7.57. The number of hydrogen-bond donors (Lipinski definition) is 4. The molecule has 3 atom stereocenters. The molecule has 2 aromatic rings. The van der Waals surface area contributed by atoms with Gasteiger partial charge in [-0.05, 0) is 63.4 Å². The van der Waals surface area contributed by atoms with Crippen LogP contribution in [-0.2, 0) is 5.54 Å². The number of fused-ring (bicyclic) bond motifs is 2. The second kappa shape index (κ2) is 7.63. The first kappa shape index (κ1) is 23.9. The summed E-state index contributed by atoms with van der Waals surface area (Å²) in [6.07, 6.45) is 1.70. The zero-order chi connectivity index (χ0) is 24.4. The summed E-state index contributed by atoms with van der Waals surface area (Å²) in [5.74, 6) is -1.51. The van der Waals surface area contributed by atoms with Gasteiger partial charge >= 0.3 is 0 Å². The van der Waals surface area contributed by atoms with Gasteiger partial charge < -0.3 is 11.1 Å². The van der Waals surface area contributed by atoms with E-state index in [-0.39, 0.29) is 35.6 Å². The molecule has 0 aliphatic carbocycles. The van der Waals surface area contributed by atoms with Gasteiger partial charge in [0.25, 0.3) is 5.91 Å². The Labute approximate surface area is 196 Å². The summed E-state index contributed by atoms with van der Waals surface area (Å²) in [5.41, 5.74) is 4.67. The number of carbonyl (C=O) groups excluding carboxylic acids is 1. The molecule has 3 heterocycles. The van der Waals surface area contributed by atoms with Gasteiger partial charge in [0.15, 0.2) is 0 Å². The number of carbonyl (C=O) groups is 1. The lowest BCUT2D eigenvalue weighted by Gasteiger charge is -2.65. The van der Waals surface area contributed by atoms with Crippen molar-refractivity contribution in [1.82, 2.24) is 4.98 Å². The molecule has 2 aliphatic heterocycles. The molecule has 5 N–H and O–H groups in total. The van der Waals surface area contributed by atoms with Gasteiger partial charge in [-0.1, -0.05) is 11.6 Å². The largest absolute Gasteiger partial charge is 0.386 e. The topological polar surface area (TPSA) is 121 Å². The first-order chi connectivity index (χ1) is 15.3. The molecule has 33 heavy (non-hydrogen) atoms. The highest BCUT2D eigenvalue weighted by molar-refractivity contribution is 8.27. The number of alkyl halides is 1. The predicted octanol–water partition coefficient (Wildman–Crippen LogP) is 5.38. The van der Waals surface area contributed by atoms with Crippen molar-refractivity contribution in [2.75, 3.05) is 5.32 Å². The fraction of sp³-hybridized carbons (Fsp3) is 0.409. The number of benzene rings is 1. The summed E-state index contributed by atoms with van der Waals surface area (Å²) in [6, 6.07) is 5.20. The van der Waals surface area contributed by atoms with Crippen molar-refractivity contribution < 1.29 is 22.7 Å². The summed E-state index contributed by atoms with van der Waals surface area (Å²) >= 11 is 5.89. The van der Waals surface area contributed by atoms with E-state index in [1.165, 1.54) is 32.2 Å². The van der Waals surface area contributed by atoms with E-state index in [9.17, 15) is 13.9 Å². The normalized spacial score (nSPS) is 31.5. The molecule has 1 amide bonds. The van der Waals surface area contributed by atoms with Crippen molar-refractivity contribution in [3.8, 4) is 0 Å². The third-order valence-electron chi connectivity index (χ3n) is 6.85. The first-order valence-corrected chi connectivity index (χ1v) is 12.2. The zero-order valence-electron chi connectivity index (χ0n) is 18.3. The Morgan fingerprint density at radius 3 is 2.64 bits per heavy atom. The molecule has 1 fully saturated rings. The van der Waals surface area contributed by atoms with E-state index in [1.54, 1.807) is 13.0 Å². The quantitative estimate of drug-likeness (QED) is 0.452. The lowest BCUT2D eigenvalue weighted by atomic mass is 9.81. The highest BCUT2D eigenvalue weighted by Gasteiger charge is 2.70. The molecule has 0 unspecified atom stereocenters. The Hall–Kier alpha value is -2.27. The smallest absolute Gasteiger partial charge is 0.274 e. The van der Waals surface area contributed by atoms with Gasteiger partial charge in [-0.25, -0.2) is 13.8 Å². The van der Waals surface area contributed by atoms with E-state index in [0.29, 0.717) is 17.0 Å². The average molecular weight is 499 g/mol. The van der Waals surface area contributed by atoms with E-state index in [2.05, 4.69) is 15.3 Å². The van der Waals surface area contributed by atoms with Crippen LogP contribution in [0.5, 0.6) is 0 Å². The summed E-state index contributed by atoms with van der Waals surface area (Å²) in [7, 11) is -3.97. The van der Waals surface area contributed by atoms with E-state index < -0.39 is 37.6 Å². The minimum Gasteiger partial charge on any atom is -0.386 e. The number of nitrogens with one attached hydrogen (secondary N) is 1. The van der Waals surface area contributed by atoms with Crippen LogP contribution in [0.4, 0.5) is 14.5 Å². The van der Waals surface area contributed by atoms with Gasteiger partial charge in [0.2, 0.25) is 5.00 Å². The van der Waals surface area contributed by atoms with Crippen LogP contribution in [0.1, 0.15) is 54.7 Å². The van der Waals surface area contributed by atoms with Gasteiger partial charge in [0, 0.05) is 23.9 Å². The van der Waals surface area contributed by atoms with Crippen LogP contribution in [-0.4, -0.2) is 35.6 Å². The number of nitrogens with zero attached hydrogens (tertiary/aromatic N) is 2. The van der Waals surface area contributed by atoms with Gasteiger partial charge in [0.1, 0.15) is 27.6 Å². The Bertz CT molecular complexity index is 1200. The number of amides is 1. The number of halogens is 3. The Balaban J connectivity index is 1.79. The number of anilines is 1. The van der Waals surface area contributed by atoms with Gasteiger partial charge in [0.05, 0.1) is 5.02 Å². The summed E-state index contributed by atoms with van der Waals surface area (Å²) in [4.78, 5) is 21.1. The number of aliphatic imine (C=N–C) groups is 1. The minimum absolute atomic E-state index is 0.121. The maximum absolute atomic E-state index is 16.6. The van der Waals surface area contributed by atoms with Crippen LogP contribution in [0.3, 0.4) is 0 Å². The maximum Gasteiger partial charge on any atom is 0.274 e. The second-order valence-electron chi connectivity index (χ2n) is 8.90. The number of nitrogens with two attached hydrogens (primary N) is 1. The Morgan fingerprint density at radius 1 is 1.27 bits per heavy atom. The number of aromatic nitrogens is 1. The van der Waals surface area contributed by atoms with Gasteiger partial charge in [-0.2, -0.15) is 0 Å². The van der Waals surface area contributed by atoms with Crippen molar-refractivity contribution in [3.05, 3.63) is 58.1 Å². The van der Waals surface area contributed by atoms with Gasteiger partial charge in [-0.3, -0.25) is 18.9 Å². The van der Waals surface area contributed by atoms with Crippen LogP contribution in [0.25, 0.3) is 0 Å². The molecule has 1 saturated heterocycles. The number of aryl methyl sites for hydroxylation is 1. The fourth-order valence-electron chi connectivity index (χ4n) is 4.74. The van der Waals surface area contributed by atoms with Crippen molar-refractivity contribution in [2.24, 2.45) is 10.7 Å². The molecule has 11 heteroatoms. The molecule has 4 rings (SSSR count). The molecule has 178 valence electrons. The molecular formula is C22H25ClF2N4O3S. The highest BCUT2D eigenvalue weighted by Crippen LogP contribution is 2.76. The van der Waals surface area contributed by atoms with Crippen LogP contribution in [0.2, 0.25) is 5.02 Å². The zero-order valence-corrected chi connectivity index (χ0v) is 19.9. The molecule has 0 spiro atoms. The van der Waals surface area contributed by atoms with Crippen LogP contribution < -0.4 is 11.1 Å². The van der Waals surface area contributed by atoms with Crippen LogP contribution >= 0.6 is 22.2 Å². The molecule has 0 radical (unpaired) electrons. The van der Waals surface area contributed by atoms with Crippen LogP contribution in [0, 0.1) is 12.7 Å². The van der Waals surface area contributed by atoms with E-state index in [0.717, 1.165) is 6.07 Å². The van der Waals surface area contributed by atoms with E-state index in [1.807, 2.05) is 0 Å². The number of pyridine rings is 1. The van der Waals surface area contributed by atoms with Crippen molar-refractivity contribution in [3.63, 3.8) is 0 Å². The van der Waals surface area contributed by atoms with Crippen LogP contribution in [0.15, 0.2) is 35.5 Å². The molecule has 2 bridgehead atoms. The monoisotopic (exact) mass is 498 g/mol. The summed E-state index contributed by atoms with van der Waals surface area (Å²) < 4.78 is 52.3. The third kappa shape index (κ3) is 3.26. The lowest BCUT2D eigenvalue weighted by Crippen LogP contribution is -2.65. The van der Waals surface area contributed by atoms with Crippen molar-refractivity contribution >= 4 is 39.6 Å². The molecule has 2 aliphatic rings. The molecular weight excluding hydrogens is 474 g/mol. The van der Waals surface area contributed by atoms with Gasteiger partial charge in [-0.15, -0.1) is 10.6 Å². The standard InChI is InChI=1S/C22H25ClF2N4O3S/c1-12-9-13(23)11-27-17(12)18(30)28-14-5-6-16(24)15(10-14)21(3)22(25)8-4-7-20(2,19(26)29-21)33(22,31)32/h5-6,9-11,31-32H,4,7-8H2,1-3H3,(H2,26,29)(H,28,30)/t20-,21-,22+/m1/s1. The average Bonchev–Trinajstić information content (AvgIpc) is 2.72. The number of rotatable bonds is 3. The third-order valence-corrected chi connectivity index (χ3v) is 10.2. The molecule has 1 aromatic carbocycles. The second-order valence-corrected chi connectivity index (χ2v) is 12.0. The summed E-state index contributed by atoms with van der Waals surface area (Å²) in [6.45, 7) is 4.44. The number of amidine groups is 1. The highest BCUT2D eigenvalue weighted by atomic mass is 35.5. The Kier molecular flexibility index (Phi) is 5.52. The minimum atomic E-state index is -3.97.